The predicted octanol–water partition coefficient (Wildman–Crippen LogP) is 0.955. The first kappa shape index (κ1) is 19.4. The SMILES string of the molecule is O=C1CC(C(=O)Nc2ccc(Br)cc2)C2C(=O)NC(N3CCCCC3)NC2N1. The van der Waals surface area contributed by atoms with Crippen LogP contribution in [-0.4, -0.2) is 48.2 Å². The topological polar surface area (TPSA) is 103 Å². The van der Waals surface area contributed by atoms with Gasteiger partial charge in [0.15, 0.2) is 0 Å². The average Bonchev–Trinajstić information content (AvgIpc) is 2.69. The van der Waals surface area contributed by atoms with Crippen LogP contribution in [0, 0.1) is 11.8 Å². The van der Waals surface area contributed by atoms with Crippen molar-refractivity contribution in [3.05, 3.63) is 28.7 Å². The van der Waals surface area contributed by atoms with Gasteiger partial charge in [-0.05, 0) is 37.1 Å². The molecule has 0 aliphatic carbocycles. The average molecular weight is 450 g/mol. The summed E-state index contributed by atoms with van der Waals surface area (Å²) in [5.41, 5.74) is 0.631. The van der Waals surface area contributed by atoms with Crippen molar-refractivity contribution in [2.24, 2.45) is 11.8 Å². The number of hydrogen-bond acceptors (Lipinski definition) is 5. The van der Waals surface area contributed by atoms with Crippen LogP contribution in [0.25, 0.3) is 0 Å². The van der Waals surface area contributed by atoms with Crippen molar-refractivity contribution < 1.29 is 14.4 Å². The Morgan fingerprint density at radius 1 is 1.07 bits per heavy atom. The normalized spacial score (nSPS) is 30.8. The monoisotopic (exact) mass is 449 g/mol. The third-order valence-corrected chi connectivity index (χ3v) is 6.17. The maximum absolute atomic E-state index is 12.9. The zero-order valence-corrected chi connectivity index (χ0v) is 17.0. The summed E-state index contributed by atoms with van der Waals surface area (Å²) in [6.45, 7) is 1.80. The third kappa shape index (κ3) is 4.06. The highest BCUT2D eigenvalue weighted by molar-refractivity contribution is 9.10. The van der Waals surface area contributed by atoms with Crippen molar-refractivity contribution in [3.8, 4) is 0 Å². The molecule has 3 aliphatic heterocycles. The van der Waals surface area contributed by atoms with Gasteiger partial charge in [-0.1, -0.05) is 22.4 Å². The maximum atomic E-state index is 12.9. The van der Waals surface area contributed by atoms with E-state index in [1.807, 2.05) is 12.1 Å². The van der Waals surface area contributed by atoms with Crippen molar-refractivity contribution in [2.75, 3.05) is 18.4 Å². The fourth-order valence-corrected chi connectivity index (χ4v) is 4.46. The van der Waals surface area contributed by atoms with Crippen LogP contribution < -0.4 is 21.3 Å². The number of carbonyl (C=O) groups excluding carboxylic acids is 3. The highest BCUT2D eigenvalue weighted by Crippen LogP contribution is 2.29. The Labute approximate surface area is 171 Å². The van der Waals surface area contributed by atoms with Gasteiger partial charge in [0.2, 0.25) is 17.7 Å². The van der Waals surface area contributed by atoms with Crippen molar-refractivity contribution in [1.82, 2.24) is 20.9 Å². The summed E-state index contributed by atoms with van der Waals surface area (Å²) < 4.78 is 0.905. The van der Waals surface area contributed by atoms with E-state index in [1.165, 1.54) is 6.42 Å². The number of hydrogen-bond donors (Lipinski definition) is 4. The largest absolute Gasteiger partial charge is 0.340 e. The second kappa shape index (κ2) is 8.18. The van der Waals surface area contributed by atoms with Crippen LogP contribution >= 0.6 is 15.9 Å². The molecule has 8 nitrogen and oxygen atoms in total. The molecule has 28 heavy (non-hydrogen) atoms. The number of halogens is 1. The number of nitrogens with one attached hydrogen (secondary N) is 4. The molecule has 4 unspecified atom stereocenters. The van der Waals surface area contributed by atoms with E-state index in [2.05, 4.69) is 42.1 Å². The quantitative estimate of drug-likeness (QED) is 0.550. The Morgan fingerprint density at radius 3 is 2.50 bits per heavy atom. The maximum Gasteiger partial charge on any atom is 0.229 e. The number of benzene rings is 1. The van der Waals surface area contributed by atoms with Gasteiger partial charge in [-0.25, -0.2) is 0 Å². The summed E-state index contributed by atoms with van der Waals surface area (Å²) in [6, 6.07) is 7.19. The van der Waals surface area contributed by atoms with Crippen molar-refractivity contribution >= 4 is 39.3 Å². The van der Waals surface area contributed by atoms with Crippen molar-refractivity contribution in [2.45, 2.75) is 38.1 Å². The first-order valence-electron chi connectivity index (χ1n) is 9.67. The summed E-state index contributed by atoms with van der Waals surface area (Å²) >= 11 is 3.36. The van der Waals surface area contributed by atoms with Crippen LogP contribution in [-0.2, 0) is 14.4 Å². The van der Waals surface area contributed by atoms with Crippen LogP contribution in [0.4, 0.5) is 5.69 Å². The molecular formula is C19H24BrN5O3. The number of anilines is 1. The molecule has 3 amide bonds. The zero-order chi connectivity index (χ0) is 19.7. The number of rotatable bonds is 3. The van der Waals surface area contributed by atoms with Gasteiger partial charge in [-0.3, -0.25) is 24.6 Å². The molecule has 0 bridgehead atoms. The minimum Gasteiger partial charge on any atom is -0.340 e. The molecule has 4 rings (SSSR count). The first-order valence-corrected chi connectivity index (χ1v) is 10.5. The lowest BCUT2D eigenvalue weighted by atomic mass is 9.81. The Balaban J connectivity index is 1.48. The van der Waals surface area contributed by atoms with E-state index in [0.717, 1.165) is 30.4 Å². The zero-order valence-electron chi connectivity index (χ0n) is 15.4. The van der Waals surface area contributed by atoms with Gasteiger partial charge in [0.1, 0.15) is 6.29 Å². The number of fused-ring (bicyclic) bond motifs is 1. The Bertz CT molecular complexity index is 765. The van der Waals surface area contributed by atoms with E-state index in [9.17, 15) is 14.4 Å². The summed E-state index contributed by atoms with van der Waals surface area (Å²) in [4.78, 5) is 40.2. The molecular weight excluding hydrogens is 426 g/mol. The minimum absolute atomic E-state index is 0.00694. The van der Waals surface area contributed by atoms with Gasteiger partial charge in [-0.15, -0.1) is 0 Å². The molecule has 4 N–H and O–H groups in total. The van der Waals surface area contributed by atoms with E-state index in [-0.39, 0.29) is 30.4 Å². The van der Waals surface area contributed by atoms with Gasteiger partial charge in [0, 0.05) is 29.7 Å². The Morgan fingerprint density at radius 2 is 1.79 bits per heavy atom. The summed E-state index contributed by atoms with van der Waals surface area (Å²) in [5.74, 6) is -2.11. The van der Waals surface area contributed by atoms with E-state index in [1.54, 1.807) is 12.1 Å². The molecule has 4 atom stereocenters. The first-order chi connectivity index (χ1) is 13.5. The third-order valence-electron chi connectivity index (χ3n) is 5.64. The second-order valence-corrected chi connectivity index (χ2v) is 8.47. The van der Waals surface area contributed by atoms with E-state index in [4.69, 9.17) is 0 Å². The van der Waals surface area contributed by atoms with Crippen LogP contribution in [0.3, 0.4) is 0 Å². The lowest BCUT2D eigenvalue weighted by Crippen LogP contribution is -2.74. The van der Waals surface area contributed by atoms with Crippen molar-refractivity contribution in [1.29, 1.82) is 0 Å². The van der Waals surface area contributed by atoms with Gasteiger partial charge in [0.25, 0.3) is 0 Å². The standard InChI is InChI=1S/C19H24BrN5O3/c20-11-4-6-12(7-5-11)21-17(27)13-10-14(26)22-16-15(13)18(28)24-19(23-16)25-8-2-1-3-9-25/h4-7,13,15-16,19,23H,1-3,8-10H2,(H,21,27)(H,22,26)(H,24,28). The summed E-state index contributed by atoms with van der Waals surface area (Å²) in [7, 11) is 0. The van der Waals surface area contributed by atoms with E-state index < -0.39 is 18.0 Å². The highest BCUT2D eigenvalue weighted by atomic mass is 79.9. The fraction of sp³-hybridized carbons (Fsp3) is 0.526. The summed E-state index contributed by atoms with van der Waals surface area (Å²) in [5, 5.41) is 12.0. The minimum atomic E-state index is -0.725. The molecule has 0 radical (unpaired) electrons. The summed E-state index contributed by atoms with van der Waals surface area (Å²) in [6.07, 6.45) is 2.50. The van der Waals surface area contributed by atoms with Gasteiger partial charge in [0.05, 0.1) is 18.0 Å². The number of piperidine rings is 2. The Hall–Kier alpha value is -1.97. The smallest absolute Gasteiger partial charge is 0.229 e. The number of amides is 3. The number of nitrogens with zero attached hydrogens (tertiary/aromatic N) is 1. The molecule has 9 heteroatoms. The van der Waals surface area contributed by atoms with Gasteiger partial charge < -0.3 is 16.0 Å². The lowest BCUT2D eigenvalue weighted by molar-refractivity contribution is -0.147. The second-order valence-electron chi connectivity index (χ2n) is 7.55. The molecule has 150 valence electrons. The molecule has 1 aromatic rings. The lowest BCUT2D eigenvalue weighted by Gasteiger charge is -2.46. The van der Waals surface area contributed by atoms with Crippen LogP contribution in [0.5, 0.6) is 0 Å². The Kier molecular flexibility index (Phi) is 5.65. The van der Waals surface area contributed by atoms with E-state index >= 15 is 0 Å². The molecule has 0 saturated carbocycles. The van der Waals surface area contributed by atoms with Crippen LogP contribution in [0.1, 0.15) is 25.7 Å². The molecule has 3 saturated heterocycles. The van der Waals surface area contributed by atoms with Crippen LogP contribution in [0.2, 0.25) is 0 Å². The molecule has 3 fully saturated rings. The van der Waals surface area contributed by atoms with Gasteiger partial charge >= 0.3 is 0 Å². The number of carbonyl (C=O) groups is 3. The number of likely N-dealkylation sites (tertiary alicyclic amines) is 1. The predicted molar refractivity (Wildman–Crippen MR) is 107 cm³/mol. The molecule has 1 aromatic carbocycles. The highest BCUT2D eigenvalue weighted by Gasteiger charge is 2.49. The van der Waals surface area contributed by atoms with Gasteiger partial charge in [-0.2, -0.15) is 0 Å². The van der Waals surface area contributed by atoms with Crippen LogP contribution in [0.15, 0.2) is 28.7 Å². The fourth-order valence-electron chi connectivity index (χ4n) is 4.20. The molecule has 0 spiro atoms. The molecule has 0 aromatic heterocycles. The van der Waals surface area contributed by atoms with Crippen molar-refractivity contribution in [3.63, 3.8) is 0 Å². The molecule has 3 heterocycles. The van der Waals surface area contributed by atoms with E-state index in [0.29, 0.717) is 5.69 Å². The molecule has 3 aliphatic rings.